The number of rotatable bonds is 10. The zero-order valence-electron chi connectivity index (χ0n) is 17.2. The summed E-state index contributed by atoms with van der Waals surface area (Å²) in [5.41, 5.74) is 3.67. The van der Waals surface area contributed by atoms with Crippen LogP contribution in [0.25, 0.3) is 21.9 Å². The summed E-state index contributed by atoms with van der Waals surface area (Å²) in [5, 5.41) is 6.02. The second-order valence-electron chi connectivity index (χ2n) is 7.54. The van der Waals surface area contributed by atoms with Crippen LogP contribution < -0.4 is 14.8 Å². The third-order valence-corrected chi connectivity index (χ3v) is 5.36. The maximum absolute atomic E-state index is 6.19. The first-order chi connectivity index (χ1) is 14.3. The van der Waals surface area contributed by atoms with E-state index >= 15 is 0 Å². The summed E-state index contributed by atoms with van der Waals surface area (Å²) in [5.74, 6) is 1.81. The van der Waals surface area contributed by atoms with Gasteiger partial charge in [-0.3, -0.25) is 0 Å². The molecule has 0 atom stereocenters. The Morgan fingerprint density at radius 2 is 1.76 bits per heavy atom. The standard InChI is InChI=1S/C25H29NO3/c1-27-13-6-14-29-24-16-19(17-26-20-11-12-20)25(23-10-4-3-9-22(23)24)18-7-5-8-21(15-18)28-2/h3-5,7-10,15-16,20,26H,6,11-14,17H2,1-2H3. The monoisotopic (exact) mass is 391 g/mol. The molecule has 0 aromatic heterocycles. The highest BCUT2D eigenvalue weighted by Crippen LogP contribution is 2.39. The molecule has 1 saturated carbocycles. The van der Waals surface area contributed by atoms with E-state index in [-0.39, 0.29) is 0 Å². The number of methoxy groups -OCH3 is 2. The maximum Gasteiger partial charge on any atom is 0.127 e. The molecule has 152 valence electrons. The first kappa shape index (κ1) is 19.7. The molecule has 1 N–H and O–H groups in total. The molecule has 4 heteroatoms. The molecule has 0 unspecified atom stereocenters. The van der Waals surface area contributed by atoms with Crippen molar-refractivity contribution in [1.82, 2.24) is 5.32 Å². The van der Waals surface area contributed by atoms with Crippen LogP contribution in [0.2, 0.25) is 0 Å². The van der Waals surface area contributed by atoms with Gasteiger partial charge >= 0.3 is 0 Å². The van der Waals surface area contributed by atoms with E-state index in [2.05, 4.69) is 53.8 Å². The summed E-state index contributed by atoms with van der Waals surface area (Å²) in [7, 11) is 3.43. The van der Waals surface area contributed by atoms with E-state index < -0.39 is 0 Å². The lowest BCUT2D eigenvalue weighted by Gasteiger charge is -2.18. The molecule has 0 bridgehead atoms. The largest absolute Gasteiger partial charge is 0.497 e. The van der Waals surface area contributed by atoms with Crippen LogP contribution in [0.4, 0.5) is 0 Å². The van der Waals surface area contributed by atoms with Crippen molar-refractivity contribution < 1.29 is 14.2 Å². The van der Waals surface area contributed by atoms with Crippen LogP contribution in [0.1, 0.15) is 24.8 Å². The van der Waals surface area contributed by atoms with E-state index in [4.69, 9.17) is 14.2 Å². The zero-order valence-corrected chi connectivity index (χ0v) is 17.2. The quantitative estimate of drug-likeness (QED) is 0.483. The average molecular weight is 392 g/mol. The number of fused-ring (bicyclic) bond motifs is 1. The molecule has 0 aliphatic heterocycles. The number of nitrogens with one attached hydrogen (secondary N) is 1. The van der Waals surface area contributed by atoms with E-state index in [1.165, 1.54) is 34.9 Å². The maximum atomic E-state index is 6.19. The van der Waals surface area contributed by atoms with Gasteiger partial charge in [0.25, 0.3) is 0 Å². The van der Waals surface area contributed by atoms with Gasteiger partial charge in [0.05, 0.1) is 13.7 Å². The number of hydrogen-bond acceptors (Lipinski definition) is 4. The van der Waals surface area contributed by atoms with Crippen LogP contribution in [0.15, 0.2) is 54.6 Å². The minimum Gasteiger partial charge on any atom is -0.497 e. The Labute approximate surface area is 172 Å². The first-order valence-electron chi connectivity index (χ1n) is 10.3. The van der Waals surface area contributed by atoms with Crippen molar-refractivity contribution in [2.45, 2.75) is 31.8 Å². The predicted molar refractivity (Wildman–Crippen MR) is 118 cm³/mol. The topological polar surface area (TPSA) is 39.7 Å². The molecule has 0 heterocycles. The molecular weight excluding hydrogens is 362 g/mol. The van der Waals surface area contributed by atoms with Gasteiger partial charge in [-0.1, -0.05) is 36.4 Å². The van der Waals surface area contributed by atoms with E-state index in [1.807, 2.05) is 6.07 Å². The van der Waals surface area contributed by atoms with Crippen LogP contribution in [0, 0.1) is 0 Å². The molecule has 0 radical (unpaired) electrons. The Morgan fingerprint density at radius 1 is 0.931 bits per heavy atom. The number of ether oxygens (including phenoxy) is 3. The van der Waals surface area contributed by atoms with Crippen molar-refractivity contribution >= 4 is 10.8 Å². The Hall–Kier alpha value is -2.56. The first-order valence-corrected chi connectivity index (χ1v) is 10.3. The lowest BCUT2D eigenvalue weighted by atomic mass is 9.92. The Morgan fingerprint density at radius 3 is 2.52 bits per heavy atom. The Balaban J connectivity index is 1.79. The van der Waals surface area contributed by atoms with Crippen molar-refractivity contribution in [3.63, 3.8) is 0 Å². The molecule has 3 aromatic rings. The van der Waals surface area contributed by atoms with E-state index in [1.54, 1.807) is 14.2 Å². The van der Waals surface area contributed by atoms with E-state index in [0.717, 1.165) is 29.9 Å². The van der Waals surface area contributed by atoms with Gasteiger partial charge in [-0.2, -0.15) is 0 Å². The van der Waals surface area contributed by atoms with Gasteiger partial charge in [0.15, 0.2) is 0 Å². The molecule has 4 nitrogen and oxygen atoms in total. The third-order valence-electron chi connectivity index (χ3n) is 5.36. The molecule has 29 heavy (non-hydrogen) atoms. The van der Waals surface area contributed by atoms with Gasteiger partial charge in [0, 0.05) is 38.1 Å². The predicted octanol–water partition coefficient (Wildman–Crippen LogP) is 5.18. The summed E-state index contributed by atoms with van der Waals surface area (Å²) in [6.45, 7) is 2.18. The fraction of sp³-hybridized carbons (Fsp3) is 0.360. The summed E-state index contributed by atoms with van der Waals surface area (Å²) < 4.78 is 16.8. The molecule has 0 saturated heterocycles. The molecular formula is C25H29NO3. The third kappa shape index (κ3) is 4.72. The van der Waals surface area contributed by atoms with Crippen molar-refractivity contribution in [1.29, 1.82) is 0 Å². The van der Waals surface area contributed by atoms with E-state index in [9.17, 15) is 0 Å². The van der Waals surface area contributed by atoms with Crippen LogP contribution >= 0.6 is 0 Å². The van der Waals surface area contributed by atoms with Gasteiger partial charge in [0.2, 0.25) is 0 Å². The van der Waals surface area contributed by atoms with Crippen molar-refractivity contribution in [3.05, 3.63) is 60.2 Å². The van der Waals surface area contributed by atoms with E-state index in [0.29, 0.717) is 19.3 Å². The van der Waals surface area contributed by atoms with Gasteiger partial charge in [-0.05, 0) is 53.1 Å². The SMILES string of the molecule is COCCCOc1cc(CNC2CC2)c(-c2cccc(OC)c2)c2ccccc12. The van der Waals surface area contributed by atoms with Crippen LogP contribution in [0.5, 0.6) is 11.5 Å². The van der Waals surface area contributed by atoms with Gasteiger partial charge in [0.1, 0.15) is 11.5 Å². The highest BCUT2D eigenvalue weighted by atomic mass is 16.5. The highest BCUT2D eigenvalue weighted by molar-refractivity contribution is 6.01. The molecule has 1 aliphatic rings. The highest BCUT2D eigenvalue weighted by Gasteiger charge is 2.22. The van der Waals surface area contributed by atoms with Gasteiger partial charge in [-0.15, -0.1) is 0 Å². The second kappa shape index (κ2) is 9.29. The lowest BCUT2D eigenvalue weighted by molar-refractivity contribution is 0.172. The summed E-state index contributed by atoms with van der Waals surface area (Å²) in [6.07, 6.45) is 3.41. The molecule has 1 fully saturated rings. The lowest BCUT2D eigenvalue weighted by Crippen LogP contribution is -2.16. The minimum absolute atomic E-state index is 0.644. The zero-order chi connectivity index (χ0) is 20.1. The van der Waals surface area contributed by atoms with Crippen molar-refractivity contribution in [3.8, 4) is 22.6 Å². The number of hydrogen-bond donors (Lipinski definition) is 1. The molecule has 0 amide bonds. The minimum atomic E-state index is 0.644. The summed E-state index contributed by atoms with van der Waals surface area (Å²) in [4.78, 5) is 0. The average Bonchev–Trinajstić information content (AvgIpc) is 3.59. The summed E-state index contributed by atoms with van der Waals surface area (Å²) >= 11 is 0. The number of benzene rings is 3. The van der Waals surface area contributed by atoms with Crippen LogP contribution in [-0.2, 0) is 11.3 Å². The molecule has 0 spiro atoms. The molecule has 3 aromatic carbocycles. The van der Waals surface area contributed by atoms with Crippen molar-refractivity contribution in [2.24, 2.45) is 0 Å². The smallest absolute Gasteiger partial charge is 0.127 e. The normalized spacial score (nSPS) is 13.6. The fourth-order valence-corrected chi connectivity index (χ4v) is 3.70. The van der Waals surface area contributed by atoms with Gasteiger partial charge in [-0.25, -0.2) is 0 Å². The molecule has 1 aliphatic carbocycles. The Kier molecular flexibility index (Phi) is 6.33. The molecule has 4 rings (SSSR count). The van der Waals surface area contributed by atoms with Gasteiger partial charge < -0.3 is 19.5 Å². The second-order valence-corrected chi connectivity index (χ2v) is 7.54. The van der Waals surface area contributed by atoms with Crippen LogP contribution in [0.3, 0.4) is 0 Å². The van der Waals surface area contributed by atoms with Crippen molar-refractivity contribution in [2.75, 3.05) is 27.4 Å². The van der Waals surface area contributed by atoms with Crippen LogP contribution in [-0.4, -0.2) is 33.5 Å². The fourth-order valence-electron chi connectivity index (χ4n) is 3.70. The summed E-state index contributed by atoms with van der Waals surface area (Å²) in [6, 6.07) is 19.7. The Bertz CT molecular complexity index is 965.